The predicted molar refractivity (Wildman–Crippen MR) is 105 cm³/mol. The summed E-state index contributed by atoms with van der Waals surface area (Å²) in [7, 11) is 0. The number of benzene rings is 1. The molecule has 2 N–H and O–H groups in total. The molecule has 0 saturated carbocycles. The number of aliphatic imine (C=N–C) groups is 1. The third-order valence-corrected chi connectivity index (χ3v) is 4.82. The van der Waals surface area contributed by atoms with Gasteiger partial charge in [0.15, 0.2) is 5.96 Å². The maximum absolute atomic E-state index is 5.97. The van der Waals surface area contributed by atoms with Crippen LogP contribution < -0.4 is 10.6 Å². The molecule has 1 aromatic carbocycles. The van der Waals surface area contributed by atoms with Crippen LogP contribution in [0, 0.1) is 0 Å². The Morgan fingerprint density at radius 3 is 2.72 bits per heavy atom. The van der Waals surface area contributed by atoms with E-state index in [1.54, 1.807) is 0 Å². The Morgan fingerprint density at radius 2 is 2.08 bits per heavy atom. The average molecular weight is 367 g/mol. The van der Waals surface area contributed by atoms with Gasteiger partial charge in [0.1, 0.15) is 0 Å². The minimum atomic E-state index is 0.160. The number of morpholine rings is 1. The summed E-state index contributed by atoms with van der Waals surface area (Å²) >= 11 is 5.97. The van der Waals surface area contributed by atoms with Crippen LogP contribution in [0.2, 0.25) is 5.02 Å². The van der Waals surface area contributed by atoms with E-state index in [9.17, 15) is 0 Å². The zero-order valence-corrected chi connectivity index (χ0v) is 16.5. The van der Waals surface area contributed by atoms with Crippen molar-refractivity contribution in [1.29, 1.82) is 0 Å². The summed E-state index contributed by atoms with van der Waals surface area (Å²) in [5.74, 6) is 0.845. The molecule has 6 heteroatoms. The fourth-order valence-electron chi connectivity index (χ4n) is 3.08. The number of hydrogen-bond donors (Lipinski definition) is 2. The van der Waals surface area contributed by atoms with Crippen molar-refractivity contribution in [2.75, 3.05) is 32.8 Å². The molecule has 0 spiro atoms. The molecule has 1 fully saturated rings. The van der Waals surface area contributed by atoms with Gasteiger partial charge in [-0.3, -0.25) is 9.89 Å². The molecule has 1 saturated heterocycles. The Bertz CT molecular complexity index is 549. The molecule has 1 aliphatic heterocycles. The fraction of sp³-hybridized carbons (Fsp3) is 0.632. The molecule has 0 aliphatic carbocycles. The van der Waals surface area contributed by atoms with Crippen LogP contribution in [0.1, 0.15) is 39.3 Å². The Balaban J connectivity index is 1.96. The molecule has 0 amide bonds. The average Bonchev–Trinajstić information content (AvgIpc) is 2.60. The quantitative estimate of drug-likeness (QED) is 0.600. The zero-order chi connectivity index (χ0) is 18.2. The smallest absolute Gasteiger partial charge is 0.191 e. The van der Waals surface area contributed by atoms with Gasteiger partial charge in [0, 0.05) is 30.2 Å². The second-order valence-electron chi connectivity index (χ2n) is 6.65. The van der Waals surface area contributed by atoms with Gasteiger partial charge in [0.25, 0.3) is 0 Å². The summed E-state index contributed by atoms with van der Waals surface area (Å²) in [6.07, 6.45) is 0. The van der Waals surface area contributed by atoms with E-state index < -0.39 is 0 Å². The molecule has 1 heterocycles. The Morgan fingerprint density at radius 1 is 1.36 bits per heavy atom. The summed E-state index contributed by atoms with van der Waals surface area (Å²) in [6, 6.07) is 8.92. The van der Waals surface area contributed by atoms with Gasteiger partial charge in [-0.05, 0) is 45.4 Å². The number of ether oxygens (including phenoxy) is 1. The molecule has 5 nitrogen and oxygen atoms in total. The first kappa shape index (κ1) is 20.0. The van der Waals surface area contributed by atoms with Crippen molar-refractivity contribution in [3.8, 4) is 0 Å². The van der Waals surface area contributed by atoms with Gasteiger partial charge in [0.05, 0.1) is 25.8 Å². The molecular formula is C19H31ClN4O. The highest BCUT2D eigenvalue weighted by Gasteiger charge is 2.23. The van der Waals surface area contributed by atoms with E-state index in [1.165, 1.54) is 5.56 Å². The highest BCUT2D eigenvalue weighted by atomic mass is 35.5. The standard InChI is InChI=1S/C19H31ClN4O/c1-5-21-19(23-16(4)17-6-8-18(20)9-7-17)22-12-14(2)24-10-11-25-13-15(24)3/h6-9,14-16H,5,10-13H2,1-4H3,(H2,21,22,23). The van der Waals surface area contributed by atoms with Crippen molar-refractivity contribution in [3.05, 3.63) is 34.9 Å². The summed E-state index contributed by atoms with van der Waals surface area (Å²) in [5.41, 5.74) is 1.19. The van der Waals surface area contributed by atoms with E-state index >= 15 is 0 Å². The Labute approximate surface area is 156 Å². The first-order chi connectivity index (χ1) is 12.0. The lowest BCUT2D eigenvalue weighted by atomic mass is 10.1. The second-order valence-corrected chi connectivity index (χ2v) is 7.08. The van der Waals surface area contributed by atoms with E-state index in [-0.39, 0.29) is 6.04 Å². The van der Waals surface area contributed by atoms with Crippen LogP contribution in [-0.4, -0.2) is 55.8 Å². The molecule has 25 heavy (non-hydrogen) atoms. The van der Waals surface area contributed by atoms with Crippen molar-refractivity contribution in [1.82, 2.24) is 15.5 Å². The summed E-state index contributed by atoms with van der Waals surface area (Å²) in [6.45, 7) is 12.8. The lowest BCUT2D eigenvalue weighted by Crippen LogP contribution is -2.49. The van der Waals surface area contributed by atoms with Crippen molar-refractivity contribution >= 4 is 17.6 Å². The number of rotatable bonds is 6. The molecule has 140 valence electrons. The van der Waals surface area contributed by atoms with Crippen molar-refractivity contribution in [2.45, 2.75) is 45.8 Å². The van der Waals surface area contributed by atoms with Crippen LogP contribution in [0.5, 0.6) is 0 Å². The summed E-state index contributed by atoms with van der Waals surface area (Å²) in [4.78, 5) is 7.26. The van der Waals surface area contributed by atoms with Crippen LogP contribution in [0.3, 0.4) is 0 Å². The first-order valence-corrected chi connectivity index (χ1v) is 9.52. The van der Waals surface area contributed by atoms with Gasteiger partial charge >= 0.3 is 0 Å². The molecule has 1 aromatic rings. The predicted octanol–water partition coefficient (Wildman–Crippen LogP) is 3.07. The largest absolute Gasteiger partial charge is 0.379 e. The maximum Gasteiger partial charge on any atom is 0.191 e. The molecule has 2 rings (SSSR count). The van der Waals surface area contributed by atoms with Gasteiger partial charge in [0.2, 0.25) is 0 Å². The Hall–Kier alpha value is -1.30. The van der Waals surface area contributed by atoms with Crippen molar-refractivity contribution in [2.24, 2.45) is 4.99 Å². The van der Waals surface area contributed by atoms with Crippen LogP contribution >= 0.6 is 11.6 Å². The minimum Gasteiger partial charge on any atom is -0.379 e. The highest BCUT2D eigenvalue weighted by molar-refractivity contribution is 6.30. The SMILES string of the molecule is CCNC(=NCC(C)N1CCOCC1C)NC(C)c1ccc(Cl)cc1. The molecule has 1 aliphatic rings. The van der Waals surface area contributed by atoms with Gasteiger partial charge in [-0.2, -0.15) is 0 Å². The van der Waals surface area contributed by atoms with Crippen LogP contribution in [-0.2, 0) is 4.74 Å². The van der Waals surface area contributed by atoms with E-state index in [0.29, 0.717) is 12.1 Å². The van der Waals surface area contributed by atoms with E-state index in [2.05, 4.69) is 43.2 Å². The molecule has 0 aromatic heterocycles. The number of hydrogen-bond acceptors (Lipinski definition) is 3. The van der Waals surface area contributed by atoms with Crippen molar-refractivity contribution in [3.63, 3.8) is 0 Å². The fourth-order valence-corrected chi connectivity index (χ4v) is 3.21. The van der Waals surface area contributed by atoms with Crippen LogP contribution in [0.15, 0.2) is 29.3 Å². The number of guanidine groups is 1. The van der Waals surface area contributed by atoms with Gasteiger partial charge in [-0.15, -0.1) is 0 Å². The maximum atomic E-state index is 5.97. The molecule has 3 atom stereocenters. The van der Waals surface area contributed by atoms with Crippen LogP contribution in [0.25, 0.3) is 0 Å². The first-order valence-electron chi connectivity index (χ1n) is 9.15. The highest BCUT2D eigenvalue weighted by Crippen LogP contribution is 2.16. The second kappa shape index (κ2) is 10.00. The molecule has 0 bridgehead atoms. The normalized spacial score (nSPS) is 21.6. The Kier molecular flexibility index (Phi) is 8.00. The third kappa shape index (κ3) is 6.17. The minimum absolute atomic E-state index is 0.160. The number of nitrogens with one attached hydrogen (secondary N) is 2. The monoisotopic (exact) mass is 366 g/mol. The van der Waals surface area contributed by atoms with E-state index in [1.807, 2.05) is 24.3 Å². The van der Waals surface area contributed by atoms with Crippen molar-refractivity contribution < 1.29 is 4.74 Å². The van der Waals surface area contributed by atoms with Crippen LogP contribution in [0.4, 0.5) is 0 Å². The van der Waals surface area contributed by atoms with Gasteiger partial charge in [-0.1, -0.05) is 23.7 Å². The van der Waals surface area contributed by atoms with Gasteiger partial charge in [-0.25, -0.2) is 0 Å². The van der Waals surface area contributed by atoms with E-state index in [4.69, 9.17) is 21.3 Å². The summed E-state index contributed by atoms with van der Waals surface area (Å²) in [5, 5.41) is 7.56. The molecule has 3 unspecified atom stereocenters. The number of nitrogens with zero attached hydrogens (tertiary/aromatic N) is 2. The lowest BCUT2D eigenvalue weighted by Gasteiger charge is -2.37. The summed E-state index contributed by atoms with van der Waals surface area (Å²) < 4.78 is 5.52. The lowest BCUT2D eigenvalue weighted by molar-refractivity contribution is -0.0165. The molecule has 0 radical (unpaired) electrons. The topological polar surface area (TPSA) is 48.9 Å². The number of halogens is 1. The van der Waals surface area contributed by atoms with Gasteiger partial charge < -0.3 is 15.4 Å². The molecular weight excluding hydrogens is 336 g/mol. The van der Waals surface area contributed by atoms with E-state index in [0.717, 1.165) is 43.8 Å². The third-order valence-electron chi connectivity index (χ3n) is 4.57. The zero-order valence-electron chi connectivity index (χ0n) is 15.8.